The molecule has 0 atom stereocenters. The van der Waals surface area contributed by atoms with Crippen LogP contribution < -0.4 is 29.1 Å². The van der Waals surface area contributed by atoms with Crippen molar-refractivity contribution in [2.75, 3.05) is 26.9 Å². The number of benzene rings is 3. The van der Waals surface area contributed by atoms with Crippen molar-refractivity contribution in [3.8, 4) is 28.7 Å². The fraction of sp³-hybridized carbons (Fsp3) is 0.286. The first-order valence-corrected chi connectivity index (χ1v) is 11.9. The van der Waals surface area contributed by atoms with Gasteiger partial charge in [-0.1, -0.05) is 0 Å². The fourth-order valence-electron chi connectivity index (χ4n) is 3.43. The van der Waals surface area contributed by atoms with Crippen molar-refractivity contribution < 1.29 is 32.9 Å². The van der Waals surface area contributed by atoms with Crippen LogP contribution in [0, 0.1) is 5.82 Å². The Morgan fingerprint density at radius 3 is 2.11 bits per heavy atom. The molecular formula is C28H31FN2O6. The van der Waals surface area contributed by atoms with Gasteiger partial charge >= 0.3 is 0 Å². The molecule has 9 heteroatoms. The summed E-state index contributed by atoms with van der Waals surface area (Å²) < 4.78 is 41.3. The summed E-state index contributed by atoms with van der Waals surface area (Å²) in [5, 5.41) is 4.09. The molecule has 0 aliphatic rings. The summed E-state index contributed by atoms with van der Waals surface area (Å²) >= 11 is 0. The Balaban J connectivity index is 1.73. The smallest absolute Gasteiger partial charge is 0.271 e. The maximum absolute atomic E-state index is 13.1. The Morgan fingerprint density at radius 1 is 0.865 bits per heavy atom. The van der Waals surface area contributed by atoms with Crippen LogP contribution in [0.25, 0.3) is 0 Å². The molecule has 37 heavy (non-hydrogen) atoms. The fourth-order valence-corrected chi connectivity index (χ4v) is 3.43. The van der Waals surface area contributed by atoms with Gasteiger partial charge in [0.15, 0.2) is 11.5 Å². The lowest BCUT2D eigenvalue weighted by atomic mass is 10.1. The van der Waals surface area contributed by atoms with E-state index in [9.17, 15) is 9.18 Å². The number of hydrogen-bond donors (Lipinski definition) is 1. The van der Waals surface area contributed by atoms with Gasteiger partial charge in [0.1, 0.15) is 23.9 Å². The number of nitrogens with zero attached hydrogens (tertiary/aromatic N) is 1. The molecule has 0 aromatic heterocycles. The normalized spacial score (nSPS) is 10.7. The van der Waals surface area contributed by atoms with Crippen LogP contribution in [0.1, 0.15) is 42.3 Å². The van der Waals surface area contributed by atoms with Crippen LogP contribution in [-0.4, -0.2) is 39.1 Å². The molecule has 3 aromatic carbocycles. The van der Waals surface area contributed by atoms with Crippen molar-refractivity contribution in [1.29, 1.82) is 0 Å². The van der Waals surface area contributed by atoms with Gasteiger partial charge in [0.05, 0.1) is 33.1 Å². The van der Waals surface area contributed by atoms with E-state index in [-0.39, 0.29) is 12.4 Å². The number of carbonyl (C=O) groups is 1. The van der Waals surface area contributed by atoms with E-state index in [0.29, 0.717) is 54.1 Å². The lowest BCUT2D eigenvalue weighted by Crippen LogP contribution is -2.18. The number of rotatable bonds is 13. The lowest BCUT2D eigenvalue weighted by Gasteiger charge is -2.16. The minimum Gasteiger partial charge on any atom is -0.496 e. The van der Waals surface area contributed by atoms with Crippen molar-refractivity contribution in [3.63, 3.8) is 0 Å². The maximum atomic E-state index is 13.1. The van der Waals surface area contributed by atoms with Crippen molar-refractivity contribution in [1.82, 2.24) is 5.43 Å². The second-order valence-electron chi connectivity index (χ2n) is 7.61. The largest absolute Gasteiger partial charge is 0.496 e. The molecule has 0 aliphatic carbocycles. The Morgan fingerprint density at radius 2 is 1.51 bits per heavy atom. The summed E-state index contributed by atoms with van der Waals surface area (Å²) in [7, 11) is 1.56. The van der Waals surface area contributed by atoms with Crippen LogP contribution in [0.5, 0.6) is 28.7 Å². The number of halogens is 1. The van der Waals surface area contributed by atoms with Gasteiger partial charge in [-0.15, -0.1) is 0 Å². The highest BCUT2D eigenvalue weighted by Gasteiger charge is 2.18. The maximum Gasteiger partial charge on any atom is 0.271 e. The van der Waals surface area contributed by atoms with Gasteiger partial charge in [0.25, 0.3) is 5.91 Å². The molecule has 0 fully saturated rings. The summed E-state index contributed by atoms with van der Waals surface area (Å²) in [6.45, 7) is 6.99. The predicted octanol–water partition coefficient (Wildman–Crippen LogP) is 5.37. The zero-order valence-corrected chi connectivity index (χ0v) is 21.4. The summed E-state index contributed by atoms with van der Waals surface area (Å²) in [5.41, 5.74) is 4.32. The molecule has 8 nitrogen and oxygen atoms in total. The Hall–Kier alpha value is -4.27. The number of hydrazone groups is 1. The van der Waals surface area contributed by atoms with Crippen LogP contribution in [0.4, 0.5) is 4.39 Å². The summed E-state index contributed by atoms with van der Waals surface area (Å²) in [6, 6.07) is 14.4. The van der Waals surface area contributed by atoms with Gasteiger partial charge in [-0.25, -0.2) is 9.82 Å². The highest BCUT2D eigenvalue weighted by molar-refractivity contribution is 5.96. The predicted molar refractivity (Wildman–Crippen MR) is 139 cm³/mol. The zero-order valence-electron chi connectivity index (χ0n) is 21.4. The molecule has 0 spiro atoms. The molecular weight excluding hydrogens is 479 g/mol. The SMILES string of the molecule is CCOc1cc(C(=O)NN=Cc2ccc(OC)c(COc3ccc(F)cc3)c2)cc(OCC)c1OCC. The molecule has 3 rings (SSSR count). The summed E-state index contributed by atoms with van der Waals surface area (Å²) in [4.78, 5) is 12.8. The number of carbonyl (C=O) groups excluding carboxylic acids is 1. The van der Waals surface area contributed by atoms with Crippen LogP contribution in [0.3, 0.4) is 0 Å². The first-order chi connectivity index (χ1) is 18.0. The molecule has 1 amide bonds. The quantitative estimate of drug-likeness (QED) is 0.246. The van der Waals surface area contributed by atoms with Crippen molar-refractivity contribution >= 4 is 12.1 Å². The molecule has 0 saturated carbocycles. The van der Waals surface area contributed by atoms with Crippen LogP contribution in [0.15, 0.2) is 59.7 Å². The van der Waals surface area contributed by atoms with Crippen LogP contribution in [0.2, 0.25) is 0 Å². The van der Waals surface area contributed by atoms with Crippen molar-refractivity contribution in [3.05, 3.63) is 77.1 Å². The minimum absolute atomic E-state index is 0.204. The van der Waals surface area contributed by atoms with Crippen LogP contribution >= 0.6 is 0 Å². The average Bonchev–Trinajstić information content (AvgIpc) is 2.90. The van der Waals surface area contributed by atoms with E-state index < -0.39 is 5.91 Å². The Bertz CT molecular complexity index is 1190. The molecule has 0 radical (unpaired) electrons. The number of ether oxygens (including phenoxy) is 5. The van der Waals surface area contributed by atoms with Gasteiger partial charge in [-0.05, 0) is 80.9 Å². The molecule has 3 aromatic rings. The van der Waals surface area contributed by atoms with Crippen molar-refractivity contribution in [2.24, 2.45) is 5.10 Å². The van der Waals surface area contributed by atoms with E-state index in [2.05, 4.69) is 10.5 Å². The highest BCUT2D eigenvalue weighted by Crippen LogP contribution is 2.39. The standard InChI is InChI=1S/C28H31FN2O6/c1-5-34-25-15-20(16-26(35-6-2)27(25)36-7-3)28(32)31-30-17-19-8-13-24(33-4)21(14-19)18-37-23-11-9-22(29)10-12-23/h8-17H,5-7,18H2,1-4H3,(H,31,32). The van der Waals surface area contributed by atoms with Crippen LogP contribution in [-0.2, 0) is 6.61 Å². The van der Waals surface area contributed by atoms with E-state index in [1.807, 2.05) is 26.8 Å². The first kappa shape index (κ1) is 27.3. The third-order valence-electron chi connectivity index (χ3n) is 5.06. The van der Waals surface area contributed by atoms with Gasteiger partial charge in [0.2, 0.25) is 5.75 Å². The molecule has 0 saturated heterocycles. The van der Waals surface area contributed by atoms with Gasteiger partial charge in [-0.2, -0.15) is 5.10 Å². The van der Waals surface area contributed by atoms with Gasteiger partial charge < -0.3 is 23.7 Å². The number of hydrogen-bond acceptors (Lipinski definition) is 7. The third kappa shape index (κ3) is 7.60. The molecule has 0 bridgehead atoms. The molecule has 1 N–H and O–H groups in total. The average molecular weight is 511 g/mol. The van der Waals surface area contributed by atoms with Gasteiger partial charge in [-0.3, -0.25) is 4.79 Å². The number of methoxy groups -OCH3 is 1. The molecule has 0 aliphatic heterocycles. The Kier molecular flexibility index (Phi) is 10.1. The lowest BCUT2D eigenvalue weighted by molar-refractivity contribution is 0.0954. The molecule has 196 valence electrons. The van der Waals surface area contributed by atoms with Crippen molar-refractivity contribution in [2.45, 2.75) is 27.4 Å². The van der Waals surface area contributed by atoms with E-state index in [4.69, 9.17) is 23.7 Å². The van der Waals surface area contributed by atoms with E-state index in [0.717, 1.165) is 11.1 Å². The number of amides is 1. The first-order valence-electron chi connectivity index (χ1n) is 11.9. The second kappa shape index (κ2) is 13.7. The Labute approximate surface area is 216 Å². The van der Waals surface area contributed by atoms with E-state index in [1.54, 1.807) is 43.5 Å². The highest BCUT2D eigenvalue weighted by atomic mass is 19.1. The zero-order chi connectivity index (χ0) is 26.6. The summed E-state index contributed by atoms with van der Waals surface area (Å²) in [6.07, 6.45) is 1.51. The molecule has 0 heterocycles. The van der Waals surface area contributed by atoms with E-state index >= 15 is 0 Å². The number of nitrogens with one attached hydrogen (secondary N) is 1. The molecule has 0 unspecified atom stereocenters. The monoisotopic (exact) mass is 510 g/mol. The van der Waals surface area contributed by atoms with Gasteiger partial charge in [0, 0.05) is 11.1 Å². The van der Waals surface area contributed by atoms with E-state index in [1.165, 1.54) is 18.3 Å². The second-order valence-corrected chi connectivity index (χ2v) is 7.61. The minimum atomic E-state index is -0.436. The summed E-state index contributed by atoms with van der Waals surface area (Å²) in [5.74, 6) is 1.69. The third-order valence-corrected chi connectivity index (χ3v) is 5.06. The topological polar surface area (TPSA) is 87.6 Å².